The van der Waals surface area contributed by atoms with Crippen LogP contribution in [0.5, 0.6) is 0 Å². The van der Waals surface area contributed by atoms with Crippen LogP contribution in [0.25, 0.3) is 0 Å². The van der Waals surface area contributed by atoms with Gasteiger partial charge >= 0.3 is 0 Å². The van der Waals surface area contributed by atoms with E-state index in [-0.39, 0.29) is 28.9 Å². The Morgan fingerprint density at radius 1 is 1.26 bits per heavy atom. The number of nitrogens with one attached hydrogen (secondary N) is 2. The molecule has 0 spiro atoms. The lowest BCUT2D eigenvalue weighted by molar-refractivity contribution is -0.129. The van der Waals surface area contributed by atoms with Crippen molar-refractivity contribution < 1.29 is 14.0 Å². The molecule has 142 valence electrons. The first-order valence-corrected chi connectivity index (χ1v) is 10.0. The molecule has 4 nitrogen and oxygen atoms in total. The second-order valence-corrected chi connectivity index (χ2v) is 8.00. The van der Waals surface area contributed by atoms with Crippen molar-refractivity contribution in [2.75, 3.05) is 5.75 Å². The Kier molecular flexibility index (Phi) is 6.16. The van der Waals surface area contributed by atoms with E-state index in [0.29, 0.717) is 17.7 Å². The number of carbonyl (C=O) groups excluding carboxylic acids is 2. The highest BCUT2D eigenvalue weighted by molar-refractivity contribution is 8.00. The SMILES string of the molecule is Cc1ccccc1C(C)NC(=O)C1CSC(Cc2ccccc2F)C(=O)N1. The second-order valence-electron chi connectivity index (χ2n) is 6.77. The normalized spacial score (nSPS) is 20.6. The summed E-state index contributed by atoms with van der Waals surface area (Å²) in [5, 5.41) is 5.37. The maximum Gasteiger partial charge on any atom is 0.243 e. The van der Waals surface area contributed by atoms with Gasteiger partial charge in [0.05, 0.1) is 11.3 Å². The van der Waals surface area contributed by atoms with Crippen molar-refractivity contribution in [2.45, 2.75) is 37.6 Å². The largest absolute Gasteiger partial charge is 0.348 e. The van der Waals surface area contributed by atoms with Gasteiger partial charge in [-0.15, -0.1) is 11.8 Å². The number of benzene rings is 2. The number of thioether (sulfide) groups is 1. The fraction of sp³-hybridized carbons (Fsp3) is 0.333. The number of carbonyl (C=O) groups is 2. The van der Waals surface area contributed by atoms with Crippen LogP contribution < -0.4 is 10.6 Å². The smallest absolute Gasteiger partial charge is 0.243 e. The molecular weight excluding hydrogens is 363 g/mol. The Balaban J connectivity index is 1.57. The molecule has 0 radical (unpaired) electrons. The molecule has 2 aromatic carbocycles. The van der Waals surface area contributed by atoms with Crippen molar-refractivity contribution in [3.8, 4) is 0 Å². The Morgan fingerprint density at radius 3 is 2.67 bits per heavy atom. The van der Waals surface area contributed by atoms with E-state index in [9.17, 15) is 14.0 Å². The zero-order valence-electron chi connectivity index (χ0n) is 15.4. The van der Waals surface area contributed by atoms with E-state index in [1.54, 1.807) is 18.2 Å². The molecule has 1 aliphatic heterocycles. The van der Waals surface area contributed by atoms with Crippen LogP contribution in [0.2, 0.25) is 0 Å². The van der Waals surface area contributed by atoms with Gasteiger partial charge in [-0.1, -0.05) is 42.5 Å². The van der Waals surface area contributed by atoms with Crippen molar-refractivity contribution in [1.29, 1.82) is 0 Å². The number of aryl methyl sites for hydroxylation is 1. The summed E-state index contributed by atoms with van der Waals surface area (Å²) < 4.78 is 13.8. The third-order valence-electron chi connectivity index (χ3n) is 4.77. The average Bonchev–Trinajstić information content (AvgIpc) is 2.65. The highest BCUT2D eigenvalue weighted by Gasteiger charge is 2.33. The number of hydrogen-bond acceptors (Lipinski definition) is 3. The molecule has 2 aromatic rings. The van der Waals surface area contributed by atoms with E-state index in [1.807, 2.05) is 38.1 Å². The molecule has 1 saturated heterocycles. The summed E-state index contributed by atoms with van der Waals surface area (Å²) in [6, 6.07) is 13.6. The minimum absolute atomic E-state index is 0.142. The van der Waals surface area contributed by atoms with Crippen molar-refractivity contribution >= 4 is 23.6 Å². The fourth-order valence-electron chi connectivity index (χ4n) is 3.22. The summed E-state index contributed by atoms with van der Waals surface area (Å²) in [4.78, 5) is 25.0. The first kappa shape index (κ1) is 19.4. The Labute approximate surface area is 162 Å². The average molecular weight is 386 g/mol. The number of hydrogen-bond donors (Lipinski definition) is 2. The van der Waals surface area contributed by atoms with Crippen LogP contribution in [-0.2, 0) is 16.0 Å². The maximum absolute atomic E-state index is 13.8. The molecule has 0 aliphatic carbocycles. The summed E-state index contributed by atoms with van der Waals surface area (Å²) in [5.41, 5.74) is 2.68. The molecular formula is C21H23FN2O2S. The zero-order chi connectivity index (χ0) is 19.4. The van der Waals surface area contributed by atoms with Gasteiger partial charge in [0.25, 0.3) is 0 Å². The molecule has 3 rings (SSSR count). The van der Waals surface area contributed by atoms with Crippen LogP contribution in [0.4, 0.5) is 4.39 Å². The topological polar surface area (TPSA) is 58.2 Å². The summed E-state index contributed by atoms with van der Waals surface area (Å²) >= 11 is 1.40. The molecule has 1 fully saturated rings. The van der Waals surface area contributed by atoms with E-state index in [2.05, 4.69) is 10.6 Å². The zero-order valence-corrected chi connectivity index (χ0v) is 16.2. The van der Waals surface area contributed by atoms with Crippen molar-refractivity contribution in [1.82, 2.24) is 10.6 Å². The quantitative estimate of drug-likeness (QED) is 0.830. The lowest BCUT2D eigenvalue weighted by Gasteiger charge is -2.29. The van der Waals surface area contributed by atoms with Crippen molar-refractivity contribution in [3.63, 3.8) is 0 Å². The van der Waals surface area contributed by atoms with Gasteiger partial charge in [0.2, 0.25) is 11.8 Å². The number of rotatable bonds is 5. The van der Waals surface area contributed by atoms with Gasteiger partial charge in [-0.2, -0.15) is 0 Å². The number of halogens is 1. The highest BCUT2D eigenvalue weighted by Crippen LogP contribution is 2.24. The molecule has 0 aromatic heterocycles. The second kappa shape index (κ2) is 8.57. The molecule has 2 amide bonds. The Morgan fingerprint density at radius 2 is 1.96 bits per heavy atom. The predicted octanol–water partition coefficient (Wildman–Crippen LogP) is 3.15. The summed E-state index contributed by atoms with van der Waals surface area (Å²) in [6.45, 7) is 3.93. The van der Waals surface area contributed by atoms with Crippen molar-refractivity contribution in [2.24, 2.45) is 0 Å². The molecule has 3 atom stereocenters. The first-order valence-electron chi connectivity index (χ1n) is 8.97. The monoisotopic (exact) mass is 386 g/mol. The molecule has 6 heteroatoms. The molecule has 1 heterocycles. The van der Waals surface area contributed by atoms with Gasteiger partial charge in [0, 0.05) is 5.75 Å². The van der Waals surface area contributed by atoms with Crippen LogP contribution in [0.1, 0.15) is 29.7 Å². The van der Waals surface area contributed by atoms with Gasteiger partial charge in [0.1, 0.15) is 11.9 Å². The lowest BCUT2D eigenvalue weighted by atomic mass is 10.0. The molecule has 1 aliphatic rings. The summed E-state index contributed by atoms with van der Waals surface area (Å²) in [6.07, 6.45) is 0.317. The minimum Gasteiger partial charge on any atom is -0.348 e. The minimum atomic E-state index is -0.578. The van der Waals surface area contributed by atoms with Crippen LogP contribution in [0, 0.1) is 12.7 Å². The third-order valence-corrected chi connectivity index (χ3v) is 6.08. The van der Waals surface area contributed by atoms with Crippen LogP contribution in [0.15, 0.2) is 48.5 Å². The molecule has 3 unspecified atom stereocenters. The fourth-order valence-corrected chi connectivity index (χ4v) is 4.39. The highest BCUT2D eigenvalue weighted by atomic mass is 32.2. The summed E-state index contributed by atoms with van der Waals surface area (Å²) in [7, 11) is 0. The van der Waals surface area contributed by atoms with Crippen molar-refractivity contribution in [3.05, 3.63) is 71.0 Å². The third kappa shape index (κ3) is 4.69. The molecule has 27 heavy (non-hydrogen) atoms. The van der Waals surface area contributed by atoms with Crippen LogP contribution >= 0.6 is 11.8 Å². The Bertz CT molecular complexity index is 842. The van der Waals surface area contributed by atoms with Crippen LogP contribution in [0.3, 0.4) is 0 Å². The van der Waals surface area contributed by atoms with Gasteiger partial charge in [-0.3, -0.25) is 9.59 Å². The molecule has 0 bridgehead atoms. The number of amides is 2. The molecule has 2 N–H and O–H groups in total. The maximum atomic E-state index is 13.8. The lowest BCUT2D eigenvalue weighted by Crippen LogP contribution is -2.54. The van der Waals surface area contributed by atoms with E-state index < -0.39 is 6.04 Å². The van der Waals surface area contributed by atoms with Gasteiger partial charge in [-0.25, -0.2) is 4.39 Å². The standard InChI is InChI=1S/C21H23FN2O2S/c1-13-7-3-5-9-16(13)14(2)23-20(25)18-12-27-19(21(26)24-18)11-15-8-4-6-10-17(15)22/h3-10,14,18-19H,11-12H2,1-2H3,(H,23,25)(H,24,26). The van der Waals surface area contributed by atoms with Gasteiger partial charge in [-0.05, 0) is 43.0 Å². The van der Waals surface area contributed by atoms with E-state index in [1.165, 1.54) is 17.8 Å². The molecule has 0 saturated carbocycles. The van der Waals surface area contributed by atoms with Gasteiger partial charge < -0.3 is 10.6 Å². The first-order chi connectivity index (χ1) is 13.0. The Hall–Kier alpha value is -2.34. The summed E-state index contributed by atoms with van der Waals surface area (Å²) in [5.74, 6) is -0.260. The predicted molar refractivity (Wildman–Crippen MR) is 106 cm³/mol. The van der Waals surface area contributed by atoms with Crippen LogP contribution in [-0.4, -0.2) is 28.9 Å². The van der Waals surface area contributed by atoms with E-state index in [0.717, 1.165) is 11.1 Å². The van der Waals surface area contributed by atoms with Gasteiger partial charge in [0.15, 0.2) is 0 Å². The van der Waals surface area contributed by atoms with E-state index in [4.69, 9.17) is 0 Å². The van der Waals surface area contributed by atoms with E-state index >= 15 is 0 Å².